The van der Waals surface area contributed by atoms with Crippen LogP contribution in [0.5, 0.6) is 0 Å². The normalized spacial score (nSPS) is 12.8. The SMILES string of the molecule is Cc1cc(/C=C/C(c2cc(Cl)cc(Cl)c2)C(F)(F)F)ccc1C(=O)CCc1cnccn1. The first-order valence-electron chi connectivity index (χ1n) is 9.73. The Morgan fingerprint density at radius 3 is 2.41 bits per heavy atom. The zero-order valence-corrected chi connectivity index (χ0v) is 18.5. The fourth-order valence-electron chi connectivity index (χ4n) is 3.31. The molecule has 166 valence electrons. The minimum absolute atomic E-state index is 0.0428. The number of alkyl halides is 3. The van der Waals surface area contributed by atoms with Gasteiger partial charge >= 0.3 is 6.18 Å². The molecule has 0 bridgehead atoms. The van der Waals surface area contributed by atoms with E-state index in [1.165, 1.54) is 24.3 Å². The minimum atomic E-state index is -4.52. The van der Waals surface area contributed by atoms with E-state index in [-0.39, 0.29) is 27.8 Å². The van der Waals surface area contributed by atoms with Gasteiger partial charge < -0.3 is 0 Å². The number of hydrogen-bond acceptors (Lipinski definition) is 3. The second kappa shape index (κ2) is 10.3. The lowest BCUT2D eigenvalue weighted by Gasteiger charge is -2.18. The third-order valence-electron chi connectivity index (χ3n) is 4.85. The number of allylic oxidation sites excluding steroid dienone is 1. The van der Waals surface area contributed by atoms with Crippen LogP contribution in [0.1, 0.15) is 45.1 Å². The fraction of sp³-hybridized carbons (Fsp3) is 0.208. The third kappa shape index (κ3) is 6.40. The van der Waals surface area contributed by atoms with Crippen molar-refractivity contribution < 1.29 is 18.0 Å². The Kier molecular flexibility index (Phi) is 7.69. The van der Waals surface area contributed by atoms with Crippen molar-refractivity contribution in [3.05, 3.63) is 99.1 Å². The van der Waals surface area contributed by atoms with E-state index in [2.05, 4.69) is 9.97 Å². The molecule has 0 saturated heterocycles. The molecule has 1 unspecified atom stereocenters. The highest BCUT2D eigenvalue weighted by Crippen LogP contribution is 2.38. The molecule has 3 nitrogen and oxygen atoms in total. The van der Waals surface area contributed by atoms with E-state index in [4.69, 9.17) is 23.2 Å². The van der Waals surface area contributed by atoms with Crippen molar-refractivity contribution in [2.45, 2.75) is 31.9 Å². The van der Waals surface area contributed by atoms with Crippen molar-refractivity contribution in [2.75, 3.05) is 0 Å². The quantitative estimate of drug-likeness (QED) is 0.335. The van der Waals surface area contributed by atoms with Crippen LogP contribution in [-0.2, 0) is 6.42 Å². The van der Waals surface area contributed by atoms with Gasteiger partial charge in [-0.1, -0.05) is 53.6 Å². The zero-order chi connectivity index (χ0) is 23.3. The van der Waals surface area contributed by atoms with Gasteiger partial charge in [-0.2, -0.15) is 13.2 Å². The second-order valence-corrected chi connectivity index (χ2v) is 8.15. The number of rotatable bonds is 7. The van der Waals surface area contributed by atoms with E-state index in [0.29, 0.717) is 23.1 Å². The molecule has 0 aliphatic rings. The smallest absolute Gasteiger partial charge is 0.294 e. The summed E-state index contributed by atoms with van der Waals surface area (Å²) in [7, 11) is 0. The number of ketones is 1. The summed E-state index contributed by atoms with van der Waals surface area (Å²) < 4.78 is 41.0. The summed E-state index contributed by atoms with van der Waals surface area (Å²) in [6.07, 6.45) is 3.39. The zero-order valence-electron chi connectivity index (χ0n) is 17.0. The number of carbonyl (C=O) groups is 1. The Hall–Kier alpha value is -2.70. The number of aromatic nitrogens is 2. The summed E-state index contributed by atoms with van der Waals surface area (Å²) in [5.41, 5.74) is 2.44. The van der Waals surface area contributed by atoms with Crippen molar-refractivity contribution in [1.82, 2.24) is 9.97 Å². The van der Waals surface area contributed by atoms with Crippen LogP contribution >= 0.6 is 23.2 Å². The molecule has 0 saturated carbocycles. The number of Topliss-reactive ketones (excluding diaryl/α,β-unsaturated/α-hetero) is 1. The lowest BCUT2D eigenvalue weighted by Crippen LogP contribution is -2.18. The number of halogens is 5. The topological polar surface area (TPSA) is 42.9 Å². The molecule has 1 heterocycles. The Balaban J connectivity index is 1.77. The maximum absolute atomic E-state index is 13.7. The summed E-state index contributed by atoms with van der Waals surface area (Å²) in [6.45, 7) is 1.75. The van der Waals surface area contributed by atoms with E-state index < -0.39 is 12.1 Å². The molecule has 0 radical (unpaired) electrons. The average molecular weight is 479 g/mol. The number of carbonyl (C=O) groups excluding carboxylic acids is 1. The molecule has 0 fully saturated rings. The van der Waals surface area contributed by atoms with Crippen molar-refractivity contribution >= 4 is 35.1 Å². The van der Waals surface area contributed by atoms with Crippen LogP contribution in [0.25, 0.3) is 6.08 Å². The van der Waals surface area contributed by atoms with Crippen molar-refractivity contribution in [3.8, 4) is 0 Å². The van der Waals surface area contributed by atoms with Gasteiger partial charge in [0.1, 0.15) is 0 Å². The Labute approximate surface area is 193 Å². The van der Waals surface area contributed by atoms with Gasteiger partial charge in [-0.05, 0) is 48.2 Å². The summed E-state index contributed by atoms with van der Waals surface area (Å²) in [4.78, 5) is 20.7. The third-order valence-corrected chi connectivity index (χ3v) is 5.29. The molecule has 0 amide bonds. The number of aryl methyl sites for hydroxylation is 2. The first-order chi connectivity index (χ1) is 15.1. The van der Waals surface area contributed by atoms with Crippen molar-refractivity contribution in [2.24, 2.45) is 0 Å². The lowest BCUT2D eigenvalue weighted by atomic mass is 9.95. The van der Waals surface area contributed by atoms with Crippen LogP contribution in [-0.4, -0.2) is 21.9 Å². The predicted molar refractivity (Wildman–Crippen MR) is 120 cm³/mol. The monoisotopic (exact) mass is 478 g/mol. The molecule has 3 aromatic rings. The van der Waals surface area contributed by atoms with Crippen molar-refractivity contribution in [1.29, 1.82) is 0 Å². The molecular weight excluding hydrogens is 460 g/mol. The second-order valence-electron chi connectivity index (χ2n) is 7.28. The highest BCUT2D eigenvalue weighted by molar-refractivity contribution is 6.34. The van der Waals surface area contributed by atoms with E-state index in [1.54, 1.807) is 43.7 Å². The van der Waals surface area contributed by atoms with Crippen LogP contribution in [0, 0.1) is 6.92 Å². The highest BCUT2D eigenvalue weighted by Gasteiger charge is 2.39. The number of nitrogens with zero attached hydrogens (tertiary/aromatic N) is 2. The first kappa shape index (κ1) is 24.0. The van der Waals surface area contributed by atoms with Crippen LogP contribution in [0.4, 0.5) is 13.2 Å². The average Bonchev–Trinajstić information content (AvgIpc) is 2.71. The van der Waals surface area contributed by atoms with Crippen LogP contribution < -0.4 is 0 Å². The van der Waals surface area contributed by atoms with Gasteiger partial charge in [-0.25, -0.2) is 0 Å². The van der Waals surface area contributed by atoms with Crippen LogP contribution in [0.15, 0.2) is 61.1 Å². The van der Waals surface area contributed by atoms with E-state index >= 15 is 0 Å². The molecule has 1 atom stereocenters. The predicted octanol–water partition coefficient (Wildman–Crippen LogP) is 7.27. The van der Waals surface area contributed by atoms with E-state index in [9.17, 15) is 18.0 Å². The molecule has 32 heavy (non-hydrogen) atoms. The molecule has 8 heteroatoms. The van der Waals surface area contributed by atoms with Gasteiger partial charge in [0.15, 0.2) is 5.78 Å². The molecule has 2 aromatic carbocycles. The standard InChI is InChI=1S/C24H19Cl2F3N2O/c1-15-10-16(2-5-21(15)23(32)7-4-20-14-30-8-9-31-20)3-6-22(24(27,28)29)17-11-18(25)13-19(26)12-17/h2-3,5-6,8-14,22H,4,7H2,1H3/b6-3+. The molecule has 1 aromatic heterocycles. The summed E-state index contributed by atoms with van der Waals surface area (Å²) in [5.74, 6) is -1.93. The van der Waals surface area contributed by atoms with Crippen molar-refractivity contribution in [3.63, 3.8) is 0 Å². The van der Waals surface area contributed by atoms with Gasteiger partial charge in [0.25, 0.3) is 0 Å². The molecule has 0 aliphatic heterocycles. The summed E-state index contributed by atoms with van der Waals surface area (Å²) in [5, 5.41) is 0.269. The molecular formula is C24H19Cl2F3N2O. The van der Waals surface area contributed by atoms with Gasteiger partial charge in [-0.15, -0.1) is 0 Å². The number of hydrogen-bond donors (Lipinski definition) is 0. The van der Waals surface area contributed by atoms with Crippen LogP contribution in [0.2, 0.25) is 10.0 Å². The van der Waals surface area contributed by atoms with E-state index in [1.807, 2.05) is 0 Å². The maximum Gasteiger partial charge on any atom is 0.399 e. The van der Waals surface area contributed by atoms with E-state index in [0.717, 1.165) is 11.8 Å². The largest absolute Gasteiger partial charge is 0.399 e. The first-order valence-corrected chi connectivity index (χ1v) is 10.5. The van der Waals surface area contributed by atoms with Gasteiger partial charge in [0.05, 0.1) is 11.6 Å². The lowest BCUT2D eigenvalue weighted by molar-refractivity contribution is -0.139. The van der Waals surface area contributed by atoms with Gasteiger partial charge in [-0.3, -0.25) is 14.8 Å². The highest BCUT2D eigenvalue weighted by atomic mass is 35.5. The Bertz CT molecular complexity index is 1110. The number of benzene rings is 2. The minimum Gasteiger partial charge on any atom is -0.294 e. The summed E-state index contributed by atoms with van der Waals surface area (Å²) >= 11 is 11.8. The molecule has 0 spiro atoms. The molecule has 0 N–H and O–H groups in total. The summed E-state index contributed by atoms with van der Waals surface area (Å²) in [6, 6.07) is 8.82. The fourth-order valence-corrected chi connectivity index (χ4v) is 3.85. The van der Waals surface area contributed by atoms with Crippen LogP contribution in [0.3, 0.4) is 0 Å². The maximum atomic E-state index is 13.7. The Morgan fingerprint density at radius 2 is 1.81 bits per heavy atom. The Morgan fingerprint density at radius 1 is 1.09 bits per heavy atom. The molecule has 3 rings (SSSR count). The van der Waals surface area contributed by atoms with Gasteiger partial charge in [0, 0.05) is 40.6 Å². The molecule has 0 aliphatic carbocycles. The van der Waals surface area contributed by atoms with Gasteiger partial charge in [0.2, 0.25) is 0 Å².